The topological polar surface area (TPSA) is 25.1 Å². The summed E-state index contributed by atoms with van der Waals surface area (Å²) in [6, 6.07) is 17.6. The van der Waals surface area contributed by atoms with Gasteiger partial charge in [-0.1, -0.05) is 42.5 Å². The Balaban J connectivity index is 1.76. The Bertz CT molecular complexity index is 1010. The molecular weight excluding hydrogens is 272 g/mol. The minimum Gasteiger partial charge on any atom is -0.359 e. The van der Waals surface area contributed by atoms with Crippen molar-refractivity contribution in [1.82, 2.24) is 0 Å². The van der Waals surface area contributed by atoms with Gasteiger partial charge in [0.2, 0.25) is 0 Å². The number of hydrogen-bond donors (Lipinski definition) is 0. The predicted molar refractivity (Wildman–Crippen MR) is 82.5 cm³/mol. The molecule has 0 amide bonds. The second-order valence-corrected chi connectivity index (χ2v) is 6.74. The lowest BCUT2D eigenvalue weighted by molar-refractivity contribution is 0.376. The quantitative estimate of drug-likeness (QED) is 0.556. The second-order valence-electron chi connectivity index (χ2n) is 6.74. The SMILES string of the molecule is c1cc2c3c(c1)C1OC1c1c-3c(cc3ccccc13)C1OC21. The first-order chi connectivity index (χ1) is 10.9. The van der Waals surface area contributed by atoms with Crippen LogP contribution in [0, 0.1) is 0 Å². The van der Waals surface area contributed by atoms with E-state index in [1.807, 2.05) is 0 Å². The number of ether oxygens (including phenoxy) is 2. The Kier molecular flexibility index (Phi) is 1.50. The van der Waals surface area contributed by atoms with E-state index in [4.69, 9.17) is 9.47 Å². The van der Waals surface area contributed by atoms with E-state index in [9.17, 15) is 0 Å². The Hall–Kier alpha value is -2.16. The normalized spacial score (nSPS) is 31.3. The molecule has 0 bridgehead atoms. The lowest BCUT2D eigenvalue weighted by Gasteiger charge is -2.26. The monoisotopic (exact) mass is 284 g/mol. The van der Waals surface area contributed by atoms with Crippen molar-refractivity contribution >= 4 is 10.8 Å². The number of benzene rings is 3. The van der Waals surface area contributed by atoms with E-state index in [2.05, 4.69) is 48.5 Å². The van der Waals surface area contributed by atoms with Crippen molar-refractivity contribution in [3.8, 4) is 11.1 Å². The summed E-state index contributed by atoms with van der Waals surface area (Å²) >= 11 is 0. The molecule has 4 aliphatic rings. The van der Waals surface area contributed by atoms with E-state index in [1.54, 1.807) is 0 Å². The predicted octanol–water partition coefficient (Wildman–Crippen LogP) is 4.76. The van der Waals surface area contributed by atoms with Gasteiger partial charge in [-0.25, -0.2) is 0 Å². The molecule has 3 aromatic rings. The van der Waals surface area contributed by atoms with Gasteiger partial charge in [0, 0.05) is 0 Å². The average molecular weight is 284 g/mol. The summed E-state index contributed by atoms with van der Waals surface area (Å²) in [5.74, 6) is 0. The number of rotatable bonds is 0. The van der Waals surface area contributed by atoms with Crippen molar-refractivity contribution in [1.29, 1.82) is 0 Å². The van der Waals surface area contributed by atoms with Crippen molar-refractivity contribution < 1.29 is 9.47 Å². The standard InChI is InChI=1S/C20H12O2/c1-2-5-10-9(4-1)8-13-15-14-11(17-19(13)21-17)6-3-7-12(14)18-20(22-18)16(10)15/h1-8,17-20H. The summed E-state index contributed by atoms with van der Waals surface area (Å²) in [6.45, 7) is 0. The van der Waals surface area contributed by atoms with Crippen LogP contribution in [0.15, 0.2) is 48.5 Å². The van der Waals surface area contributed by atoms with Crippen molar-refractivity contribution in [2.75, 3.05) is 0 Å². The van der Waals surface area contributed by atoms with Gasteiger partial charge in [-0.15, -0.1) is 0 Å². The molecular formula is C20H12O2. The molecule has 2 nitrogen and oxygen atoms in total. The fraction of sp³-hybridized carbons (Fsp3) is 0.200. The Morgan fingerprint density at radius 3 is 2.27 bits per heavy atom. The number of fused-ring (bicyclic) bond motifs is 8. The molecule has 4 unspecified atom stereocenters. The highest BCUT2D eigenvalue weighted by atomic mass is 16.6. The van der Waals surface area contributed by atoms with Gasteiger partial charge in [-0.3, -0.25) is 0 Å². The summed E-state index contributed by atoms with van der Waals surface area (Å²) in [7, 11) is 0. The van der Waals surface area contributed by atoms with Crippen LogP contribution in [0.2, 0.25) is 0 Å². The van der Waals surface area contributed by atoms with Crippen LogP contribution >= 0.6 is 0 Å². The van der Waals surface area contributed by atoms with Crippen LogP contribution in [-0.2, 0) is 9.47 Å². The van der Waals surface area contributed by atoms with Gasteiger partial charge in [0.1, 0.15) is 24.4 Å². The van der Waals surface area contributed by atoms with E-state index >= 15 is 0 Å². The molecule has 0 N–H and O–H groups in total. The van der Waals surface area contributed by atoms with Crippen molar-refractivity contribution in [2.45, 2.75) is 24.4 Å². The van der Waals surface area contributed by atoms with E-state index in [0.717, 1.165) is 0 Å². The average Bonchev–Trinajstić information content (AvgIpc) is 3.46. The summed E-state index contributed by atoms with van der Waals surface area (Å²) in [6.07, 6.45) is 0.984. The number of epoxide rings is 2. The first-order valence-electron chi connectivity index (χ1n) is 7.91. The van der Waals surface area contributed by atoms with Crippen molar-refractivity contribution in [3.05, 3.63) is 70.8 Å². The summed E-state index contributed by atoms with van der Waals surface area (Å²) < 4.78 is 12.1. The Labute approximate surface area is 127 Å². The van der Waals surface area contributed by atoms with E-state index in [0.29, 0.717) is 0 Å². The van der Waals surface area contributed by atoms with Crippen LogP contribution in [0.3, 0.4) is 0 Å². The lowest BCUT2D eigenvalue weighted by Crippen LogP contribution is -2.09. The molecule has 0 spiro atoms. The van der Waals surface area contributed by atoms with Crippen LogP contribution in [0.4, 0.5) is 0 Å². The fourth-order valence-corrected chi connectivity index (χ4v) is 4.70. The van der Waals surface area contributed by atoms with Crippen molar-refractivity contribution in [2.24, 2.45) is 0 Å². The third-order valence-electron chi connectivity index (χ3n) is 5.69. The molecule has 7 rings (SSSR count). The van der Waals surface area contributed by atoms with Crippen LogP contribution in [0.25, 0.3) is 21.9 Å². The third-order valence-corrected chi connectivity index (χ3v) is 5.69. The highest BCUT2D eigenvalue weighted by Crippen LogP contribution is 2.69. The van der Waals surface area contributed by atoms with Gasteiger partial charge >= 0.3 is 0 Å². The third kappa shape index (κ3) is 1.01. The Morgan fingerprint density at radius 2 is 1.36 bits per heavy atom. The second kappa shape index (κ2) is 3.12. The zero-order chi connectivity index (χ0) is 14.0. The van der Waals surface area contributed by atoms with Crippen LogP contribution < -0.4 is 0 Å². The molecule has 2 fully saturated rings. The first kappa shape index (κ1) is 10.5. The summed E-state index contributed by atoms with van der Waals surface area (Å²) in [4.78, 5) is 0. The maximum Gasteiger partial charge on any atom is 0.115 e. The highest BCUT2D eigenvalue weighted by Gasteiger charge is 2.56. The van der Waals surface area contributed by atoms with E-state index < -0.39 is 0 Å². The molecule has 2 aliphatic heterocycles. The summed E-state index contributed by atoms with van der Waals surface area (Å²) in [5.41, 5.74) is 8.29. The van der Waals surface area contributed by atoms with Crippen LogP contribution in [0.1, 0.15) is 46.7 Å². The molecule has 3 aromatic carbocycles. The molecule has 0 saturated carbocycles. The molecule has 0 aromatic heterocycles. The molecule has 2 heteroatoms. The van der Waals surface area contributed by atoms with E-state index in [1.165, 1.54) is 44.2 Å². The molecule has 104 valence electrons. The maximum absolute atomic E-state index is 6.09. The molecule has 4 atom stereocenters. The molecule has 2 heterocycles. The minimum absolute atomic E-state index is 0.234. The van der Waals surface area contributed by atoms with Crippen molar-refractivity contribution in [3.63, 3.8) is 0 Å². The molecule has 22 heavy (non-hydrogen) atoms. The molecule has 2 saturated heterocycles. The maximum atomic E-state index is 6.09. The van der Waals surface area contributed by atoms with Gasteiger partial charge in [0.25, 0.3) is 0 Å². The van der Waals surface area contributed by atoms with E-state index in [-0.39, 0.29) is 24.4 Å². The minimum atomic E-state index is 0.234. The highest BCUT2D eigenvalue weighted by molar-refractivity contribution is 5.98. The van der Waals surface area contributed by atoms with Crippen LogP contribution in [0.5, 0.6) is 0 Å². The zero-order valence-corrected chi connectivity index (χ0v) is 11.7. The molecule has 0 radical (unpaired) electrons. The zero-order valence-electron chi connectivity index (χ0n) is 11.7. The molecule has 2 aliphatic carbocycles. The van der Waals surface area contributed by atoms with Gasteiger partial charge in [0.15, 0.2) is 0 Å². The lowest BCUT2D eigenvalue weighted by atomic mass is 9.74. The van der Waals surface area contributed by atoms with Gasteiger partial charge < -0.3 is 9.47 Å². The van der Waals surface area contributed by atoms with Gasteiger partial charge in [0.05, 0.1) is 0 Å². The Morgan fingerprint density at radius 1 is 0.636 bits per heavy atom. The largest absolute Gasteiger partial charge is 0.359 e. The first-order valence-corrected chi connectivity index (χ1v) is 7.91. The van der Waals surface area contributed by atoms with Gasteiger partial charge in [-0.2, -0.15) is 0 Å². The fourth-order valence-electron chi connectivity index (χ4n) is 4.70. The number of hydrogen-bond acceptors (Lipinski definition) is 2. The van der Waals surface area contributed by atoms with Crippen LogP contribution in [-0.4, -0.2) is 0 Å². The summed E-state index contributed by atoms with van der Waals surface area (Å²) in [5, 5.41) is 2.65. The smallest absolute Gasteiger partial charge is 0.115 e. The van der Waals surface area contributed by atoms with Gasteiger partial charge in [-0.05, 0) is 50.2 Å².